The van der Waals surface area contributed by atoms with Gasteiger partial charge in [0, 0.05) is 26.4 Å². The normalized spacial score (nSPS) is 13.2. The highest BCUT2D eigenvalue weighted by Gasteiger charge is 2.19. The van der Waals surface area contributed by atoms with Crippen molar-refractivity contribution < 1.29 is 13.5 Å². The lowest BCUT2D eigenvalue weighted by atomic mass is 10.0. The number of hydrogen-bond donors (Lipinski definition) is 2. The molecule has 1 heterocycles. The zero-order valence-electron chi connectivity index (χ0n) is 13.4. The molecule has 0 spiro atoms. The molecular weight excluding hydrogens is 314 g/mol. The lowest BCUT2D eigenvalue weighted by Crippen LogP contribution is -2.32. The summed E-state index contributed by atoms with van der Waals surface area (Å²) >= 11 is 0. The average Bonchev–Trinajstić information content (AvgIpc) is 2.96. The van der Waals surface area contributed by atoms with E-state index in [2.05, 4.69) is 9.82 Å². The quantitative estimate of drug-likeness (QED) is 0.756. The van der Waals surface area contributed by atoms with Crippen molar-refractivity contribution in [3.8, 4) is 0 Å². The van der Waals surface area contributed by atoms with Crippen molar-refractivity contribution in [1.82, 2.24) is 14.5 Å². The number of hydrogen-bond acceptors (Lipinski definition) is 4. The van der Waals surface area contributed by atoms with Crippen molar-refractivity contribution in [3.63, 3.8) is 0 Å². The highest BCUT2D eigenvalue weighted by atomic mass is 32.2. The third kappa shape index (κ3) is 4.63. The number of aromatic nitrogens is 2. The molecule has 0 aliphatic carbocycles. The molecule has 6 nitrogen and oxygen atoms in total. The molecule has 2 rings (SSSR count). The molecular formula is C16H23N3O3S. The molecule has 0 fully saturated rings. The predicted octanol–water partition coefficient (Wildman–Crippen LogP) is 1.11. The van der Waals surface area contributed by atoms with Crippen molar-refractivity contribution in [2.45, 2.75) is 24.7 Å². The molecule has 0 aliphatic heterocycles. The fourth-order valence-corrected chi connectivity index (χ4v) is 3.90. The summed E-state index contributed by atoms with van der Waals surface area (Å²) in [6, 6.07) is 6.97. The second kappa shape index (κ2) is 7.72. The van der Waals surface area contributed by atoms with Crippen LogP contribution in [0.2, 0.25) is 0 Å². The Hall–Kier alpha value is -1.70. The van der Waals surface area contributed by atoms with Gasteiger partial charge < -0.3 is 5.11 Å². The minimum absolute atomic E-state index is 0.0904. The average molecular weight is 337 g/mol. The molecule has 0 saturated heterocycles. The van der Waals surface area contributed by atoms with Crippen LogP contribution in [0, 0.1) is 5.92 Å². The standard InChI is InChI=1S/C16H23N3O3S/c1-3-15-6-4-5-7-16(15)23(21,22)18-10-14(12-20)8-13-9-17-19(2)11-13/h4-7,9,11,14,18,20H,3,8,10,12H2,1-2H3. The summed E-state index contributed by atoms with van der Waals surface area (Å²) < 4.78 is 29.3. The largest absolute Gasteiger partial charge is 0.396 e. The van der Waals surface area contributed by atoms with Crippen LogP contribution in [0.3, 0.4) is 0 Å². The Morgan fingerprint density at radius 2 is 2.09 bits per heavy atom. The first-order valence-electron chi connectivity index (χ1n) is 7.62. The van der Waals surface area contributed by atoms with Crippen LogP contribution in [-0.2, 0) is 29.9 Å². The molecule has 1 aromatic carbocycles. The Morgan fingerprint density at radius 3 is 2.70 bits per heavy atom. The maximum absolute atomic E-state index is 12.5. The van der Waals surface area contributed by atoms with Crippen LogP contribution in [0.1, 0.15) is 18.1 Å². The van der Waals surface area contributed by atoms with E-state index in [1.54, 1.807) is 23.0 Å². The Kier molecular flexibility index (Phi) is 5.92. The molecule has 0 radical (unpaired) electrons. The van der Waals surface area contributed by atoms with E-state index in [9.17, 15) is 13.5 Å². The van der Waals surface area contributed by atoms with Gasteiger partial charge in [0.25, 0.3) is 0 Å². The fourth-order valence-electron chi connectivity index (χ4n) is 2.48. The summed E-state index contributed by atoms with van der Waals surface area (Å²) in [4.78, 5) is 0.306. The van der Waals surface area contributed by atoms with Gasteiger partial charge in [0.05, 0.1) is 11.1 Å². The lowest BCUT2D eigenvalue weighted by molar-refractivity contribution is 0.227. The number of aliphatic hydroxyl groups excluding tert-OH is 1. The third-order valence-electron chi connectivity index (χ3n) is 3.75. The van der Waals surface area contributed by atoms with Gasteiger partial charge in [0.2, 0.25) is 10.0 Å². The second-order valence-corrected chi connectivity index (χ2v) is 7.32. The highest BCUT2D eigenvalue weighted by molar-refractivity contribution is 7.89. The molecule has 0 bridgehead atoms. The van der Waals surface area contributed by atoms with Gasteiger partial charge in [0.15, 0.2) is 0 Å². The number of rotatable bonds is 8. The summed E-state index contributed by atoms with van der Waals surface area (Å²) in [6.45, 7) is 2.02. The number of nitrogens with zero attached hydrogens (tertiary/aromatic N) is 2. The first-order chi connectivity index (χ1) is 11.0. The van der Waals surface area contributed by atoms with Crippen molar-refractivity contribution >= 4 is 10.0 Å². The van der Waals surface area contributed by atoms with E-state index in [0.717, 1.165) is 11.1 Å². The fraction of sp³-hybridized carbons (Fsp3) is 0.438. The number of benzene rings is 1. The van der Waals surface area contributed by atoms with Gasteiger partial charge in [-0.25, -0.2) is 13.1 Å². The highest BCUT2D eigenvalue weighted by Crippen LogP contribution is 2.16. The van der Waals surface area contributed by atoms with Gasteiger partial charge in [-0.1, -0.05) is 25.1 Å². The number of aliphatic hydroxyl groups is 1. The Balaban J connectivity index is 2.05. The number of nitrogens with one attached hydrogen (secondary N) is 1. The van der Waals surface area contributed by atoms with Crippen LogP contribution in [0.4, 0.5) is 0 Å². The van der Waals surface area contributed by atoms with Gasteiger partial charge in [-0.2, -0.15) is 5.10 Å². The minimum atomic E-state index is -3.58. The summed E-state index contributed by atoms with van der Waals surface area (Å²) in [6.07, 6.45) is 4.81. The molecule has 0 aliphatic rings. The van der Waals surface area contributed by atoms with Gasteiger partial charge in [0.1, 0.15) is 0 Å². The summed E-state index contributed by atoms with van der Waals surface area (Å²) in [5, 5.41) is 13.6. The van der Waals surface area contributed by atoms with Crippen LogP contribution in [-0.4, -0.2) is 36.5 Å². The van der Waals surface area contributed by atoms with Gasteiger partial charge >= 0.3 is 0 Å². The van der Waals surface area contributed by atoms with Crippen LogP contribution >= 0.6 is 0 Å². The molecule has 2 aromatic rings. The van der Waals surface area contributed by atoms with E-state index in [-0.39, 0.29) is 19.1 Å². The first kappa shape index (κ1) is 17.7. The topological polar surface area (TPSA) is 84.2 Å². The van der Waals surface area contributed by atoms with E-state index < -0.39 is 10.0 Å². The molecule has 1 atom stereocenters. The van der Waals surface area contributed by atoms with E-state index in [0.29, 0.717) is 17.7 Å². The number of aryl methyl sites for hydroxylation is 2. The van der Waals surface area contributed by atoms with Gasteiger partial charge in [-0.3, -0.25) is 4.68 Å². The zero-order valence-corrected chi connectivity index (χ0v) is 14.3. The van der Waals surface area contributed by atoms with E-state index in [1.165, 1.54) is 0 Å². The smallest absolute Gasteiger partial charge is 0.240 e. The summed E-state index contributed by atoms with van der Waals surface area (Å²) in [7, 11) is -1.76. The SMILES string of the molecule is CCc1ccccc1S(=O)(=O)NCC(CO)Cc1cnn(C)c1. The predicted molar refractivity (Wildman–Crippen MR) is 88.5 cm³/mol. The van der Waals surface area contributed by atoms with Crippen LogP contribution < -0.4 is 4.72 Å². The lowest BCUT2D eigenvalue weighted by Gasteiger charge is -2.15. The molecule has 1 unspecified atom stereocenters. The molecule has 126 valence electrons. The van der Waals surface area contributed by atoms with Gasteiger partial charge in [-0.05, 0) is 36.0 Å². The molecule has 0 saturated carbocycles. The maximum atomic E-state index is 12.5. The summed E-state index contributed by atoms with van der Waals surface area (Å²) in [5.41, 5.74) is 1.76. The third-order valence-corrected chi connectivity index (χ3v) is 5.27. The van der Waals surface area contributed by atoms with Crippen LogP contribution in [0.15, 0.2) is 41.6 Å². The molecule has 23 heavy (non-hydrogen) atoms. The first-order valence-corrected chi connectivity index (χ1v) is 9.10. The second-order valence-electron chi connectivity index (χ2n) is 5.59. The Morgan fingerprint density at radius 1 is 1.35 bits per heavy atom. The van der Waals surface area contributed by atoms with Gasteiger partial charge in [-0.15, -0.1) is 0 Å². The minimum Gasteiger partial charge on any atom is -0.396 e. The zero-order chi connectivity index (χ0) is 16.9. The van der Waals surface area contributed by atoms with Crippen molar-refractivity contribution in [1.29, 1.82) is 0 Å². The molecule has 2 N–H and O–H groups in total. The monoisotopic (exact) mass is 337 g/mol. The number of sulfonamides is 1. The van der Waals surface area contributed by atoms with Crippen LogP contribution in [0.25, 0.3) is 0 Å². The Bertz CT molecular complexity index is 741. The van der Waals surface area contributed by atoms with E-state index >= 15 is 0 Å². The van der Waals surface area contributed by atoms with Crippen molar-refractivity contribution in [3.05, 3.63) is 47.8 Å². The van der Waals surface area contributed by atoms with E-state index in [1.807, 2.05) is 32.3 Å². The Labute approximate surface area is 137 Å². The summed E-state index contributed by atoms with van der Waals surface area (Å²) in [5.74, 6) is -0.192. The molecule has 1 aromatic heterocycles. The van der Waals surface area contributed by atoms with E-state index in [4.69, 9.17) is 0 Å². The van der Waals surface area contributed by atoms with Crippen molar-refractivity contribution in [2.75, 3.05) is 13.2 Å². The molecule has 0 amide bonds. The van der Waals surface area contributed by atoms with Crippen molar-refractivity contribution in [2.24, 2.45) is 13.0 Å². The maximum Gasteiger partial charge on any atom is 0.240 e. The van der Waals surface area contributed by atoms with Crippen LogP contribution in [0.5, 0.6) is 0 Å². The molecule has 7 heteroatoms.